The minimum atomic E-state index is -1.02. The van der Waals surface area contributed by atoms with Crippen LogP contribution in [0, 0.1) is 10.1 Å². The molecule has 1 amide bonds. The molecule has 1 aromatic rings. The fraction of sp³-hybridized carbons (Fsp3) is 0.444. The predicted octanol–water partition coefficient (Wildman–Crippen LogP) is 0.424. The number of hydrogen-bond donors (Lipinski definition) is 3. The molecule has 0 fully saturated rings. The van der Waals surface area contributed by atoms with Crippen LogP contribution in [0.4, 0.5) is 5.69 Å². The lowest BCUT2D eigenvalue weighted by Gasteiger charge is -2.16. The molecule has 0 unspecified atom stereocenters. The number of aromatic nitrogens is 1. The van der Waals surface area contributed by atoms with Gasteiger partial charge >= 0.3 is 0 Å². The molecular formula is C9H13N3O4. The van der Waals surface area contributed by atoms with Crippen molar-refractivity contribution < 1.29 is 14.8 Å². The summed E-state index contributed by atoms with van der Waals surface area (Å²) in [7, 11) is 0. The lowest BCUT2D eigenvalue weighted by atomic mass is 10.1. The molecule has 1 aromatic heterocycles. The van der Waals surface area contributed by atoms with Crippen molar-refractivity contribution in [3.63, 3.8) is 0 Å². The minimum Gasteiger partial charge on any atom is -0.389 e. The molecule has 3 N–H and O–H groups in total. The van der Waals surface area contributed by atoms with Crippen molar-refractivity contribution in [3.8, 4) is 0 Å². The van der Waals surface area contributed by atoms with E-state index in [-0.39, 0.29) is 17.9 Å². The van der Waals surface area contributed by atoms with Crippen LogP contribution in [-0.2, 0) is 0 Å². The number of H-pyrrole nitrogens is 1. The first-order valence-electron chi connectivity index (χ1n) is 4.63. The topological polar surface area (TPSA) is 108 Å². The van der Waals surface area contributed by atoms with Gasteiger partial charge in [0, 0.05) is 12.6 Å². The Morgan fingerprint density at radius 1 is 1.69 bits per heavy atom. The average Bonchev–Trinajstić information content (AvgIpc) is 2.61. The second kappa shape index (κ2) is 4.31. The molecule has 0 aromatic carbocycles. The molecule has 7 heteroatoms. The van der Waals surface area contributed by atoms with E-state index in [4.69, 9.17) is 0 Å². The summed E-state index contributed by atoms with van der Waals surface area (Å²) in [6.07, 6.45) is 1.14. The maximum atomic E-state index is 11.5. The molecule has 0 aliphatic carbocycles. The minimum absolute atomic E-state index is 0.0681. The number of rotatable bonds is 4. The molecular weight excluding hydrogens is 214 g/mol. The summed E-state index contributed by atoms with van der Waals surface area (Å²) in [5.41, 5.74) is -1.10. The van der Waals surface area contributed by atoms with Gasteiger partial charge < -0.3 is 15.4 Å². The molecule has 0 spiro atoms. The van der Waals surface area contributed by atoms with E-state index in [1.165, 1.54) is 0 Å². The number of aromatic amines is 1. The first-order chi connectivity index (χ1) is 7.29. The van der Waals surface area contributed by atoms with Crippen LogP contribution in [0.2, 0.25) is 0 Å². The Kier molecular flexibility index (Phi) is 3.28. The summed E-state index contributed by atoms with van der Waals surface area (Å²) in [6, 6.07) is 1.14. The fourth-order valence-corrected chi connectivity index (χ4v) is 1.01. The molecule has 0 saturated heterocycles. The van der Waals surface area contributed by atoms with Crippen LogP contribution in [0.5, 0.6) is 0 Å². The number of amides is 1. The second-order valence-corrected chi connectivity index (χ2v) is 4.02. The van der Waals surface area contributed by atoms with Crippen LogP contribution >= 0.6 is 0 Å². The summed E-state index contributed by atoms with van der Waals surface area (Å²) in [5, 5.41) is 22.2. The Balaban J connectivity index is 2.63. The summed E-state index contributed by atoms with van der Waals surface area (Å²) in [5.74, 6) is -0.491. The molecule has 0 radical (unpaired) electrons. The number of carbonyl (C=O) groups is 1. The van der Waals surface area contributed by atoms with Crippen molar-refractivity contribution >= 4 is 11.6 Å². The molecule has 0 aliphatic heterocycles. The van der Waals surface area contributed by atoms with Gasteiger partial charge in [-0.1, -0.05) is 0 Å². The van der Waals surface area contributed by atoms with E-state index in [0.29, 0.717) is 0 Å². The normalized spacial score (nSPS) is 11.2. The van der Waals surface area contributed by atoms with E-state index in [1.807, 2.05) is 0 Å². The quantitative estimate of drug-likeness (QED) is 0.511. The molecule has 88 valence electrons. The van der Waals surface area contributed by atoms with Crippen molar-refractivity contribution in [2.45, 2.75) is 19.4 Å². The molecule has 0 saturated carbocycles. The van der Waals surface area contributed by atoms with Crippen LogP contribution in [0.25, 0.3) is 0 Å². The van der Waals surface area contributed by atoms with Gasteiger partial charge in [0.05, 0.1) is 16.7 Å². The Morgan fingerprint density at radius 2 is 2.31 bits per heavy atom. The molecule has 0 aliphatic rings. The summed E-state index contributed by atoms with van der Waals surface area (Å²) >= 11 is 0. The fourth-order valence-electron chi connectivity index (χ4n) is 1.01. The molecule has 1 rings (SSSR count). The van der Waals surface area contributed by atoms with E-state index in [9.17, 15) is 20.0 Å². The Labute approximate surface area is 91.6 Å². The first-order valence-corrected chi connectivity index (χ1v) is 4.63. The van der Waals surface area contributed by atoms with Gasteiger partial charge in [-0.05, 0) is 13.8 Å². The third-order valence-electron chi connectivity index (χ3n) is 1.80. The maximum Gasteiger partial charge on any atom is 0.287 e. The number of nitro groups is 1. The summed E-state index contributed by atoms with van der Waals surface area (Å²) in [6.45, 7) is 3.16. The van der Waals surface area contributed by atoms with Gasteiger partial charge in [0.1, 0.15) is 5.69 Å². The molecule has 7 nitrogen and oxygen atoms in total. The van der Waals surface area contributed by atoms with E-state index >= 15 is 0 Å². The highest BCUT2D eigenvalue weighted by atomic mass is 16.6. The van der Waals surface area contributed by atoms with Crippen LogP contribution in [0.3, 0.4) is 0 Å². The SMILES string of the molecule is CC(C)(O)CNC(=O)c1cc([N+](=O)[O-])c[nH]1. The van der Waals surface area contributed by atoms with Crippen molar-refractivity contribution in [2.24, 2.45) is 0 Å². The highest BCUT2D eigenvalue weighted by Crippen LogP contribution is 2.12. The monoisotopic (exact) mass is 227 g/mol. The lowest BCUT2D eigenvalue weighted by molar-refractivity contribution is -0.384. The zero-order chi connectivity index (χ0) is 12.3. The van der Waals surface area contributed by atoms with E-state index in [1.54, 1.807) is 13.8 Å². The zero-order valence-corrected chi connectivity index (χ0v) is 8.98. The van der Waals surface area contributed by atoms with Crippen LogP contribution in [0.15, 0.2) is 12.3 Å². The summed E-state index contributed by atoms with van der Waals surface area (Å²) < 4.78 is 0. The third kappa shape index (κ3) is 3.35. The smallest absolute Gasteiger partial charge is 0.287 e. The van der Waals surface area contributed by atoms with Crippen LogP contribution in [-0.4, -0.2) is 33.1 Å². The summed E-state index contributed by atoms with van der Waals surface area (Å²) in [4.78, 5) is 23.7. The second-order valence-electron chi connectivity index (χ2n) is 4.02. The number of nitrogens with one attached hydrogen (secondary N) is 2. The van der Waals surface area contributed by atoms with Gasteiger partial charge in [0.2, 0.25) is 0 Å². The highest BCUT2D eigenvalue weighted by Gasteiger charge is 2.17. The lowest BCUT2D eigenvalue weighted by Crippen LogP contribution is -2.38. The zero-order valence-electron chi connectivity index (χ0n) is 8.98. The molecule has 1 heterocycles. The molecule has 0 bridgehead atoms. The average molecular weight is 227 g/mol. The Bertz CT molecular complexity index is 405. The van der Waals surface area contributed by atoms with Crippen molar-refractivity contribution in [1.29, 1.82) is 0 Å². The number of aliphatic hydroxyl groups is 1. The Morgan fingerprint density at radius 3 is 2.75 bits per heavy atom. The third-order valence-corrected chi connectivity index (χ3v) is 1.80. The van der Waals surface area contributed by atoms with Crippen LogP contribution in [0.1, 0.15) is 24.3 Å². The standard InChI is InChI=1S/C9H13N3O4/c1-9(2,14)5-11-8(13)7-3-6(4-10-7)12(15)16/h3-4,10,14H,5H2,1-2H3,(H,11,13). The van der Waals surface area contributed by atoms with Crippen molar-refractivity contribution in [1.82, 2.24) is 10.3 Å². The van der Waals surface area contributed by atoms with Crippen molar-refractivity contribution in [2.75, 3.05) is 6.54 Å². The largest absolute Gasteiger partial charge is 0.389 e. The van der Waals surface area contributed by atoms with Gasteiger partial charge in [-0.2, -0.15) is 0 Å². The van der Waals surface area contributed by atoms with Gasteiger partial charge in [-0.25, -0.2) is 0 Å². The van der Waals surface area contributed by atoms with E-state index < -0.39 is 16.4 Å². The number of carbonyl (C=O) groups excluding carboxylic acids is 1. The van der Waals surface area contributed by atoms with Crippen molar-refractivity contribution in [3.05, 3.63) is 28.1 Å². The number of nitrogens with zero attached hydrogens (tertiary/aromatic N) is 1. The van der Waals surface area contributed by atoms with E-state index in [0.717, 1.165) is 12.3 Å². The van der Waals surface area contributed by atoms with Gasteiger partial charge in [0.25, 0.3) is 11.6 Å². The highest BCUT2D eigenvalue weighted by molar-refractivity contribution is 5.93. The van der Waals surface area contributed by atoms with Gasteiger partial charge in [-0.15, -0.1) is 0 Å². The van der Waals surface area contributed by atoms with Crippen LogP contribution < -0.4 is 5.32 Å². The first kappa shape index (κ1) is 12.2. The Hall–Kier alpha value is -1.89. The predicted molar refractivity (Wildman–Crippen MR) is 56.1 cm³/mol. The molecule has 16 heavy (non-hydrogen) atoms. The van der Waals surface area contributed by atoms with E-state index in [2.05, 4.69) is 10.3 Å². The number of hydrogen-bond acceptors (Lipinski definition) is 4. The molecule has 0 atom stereocenters. The maximum absolute atomic E-state index is 11.5. The van der Waals surface area contributed by atoms with Gasteiger partial charge in [0.15, 0.2) is 0 Å². The van der Waals surface area contributed by atoms with Gasteiger partial charge in [-0.3, -0.25) is 14.9 Å².